The van der Waals surface area contributed by atoms with Crippen LogP contribution in [0.3, 0.4) is 0 Å². The third-order valence-corrected chi connectivity index (χ3v) is 4.25. The highest BCUT2D eigenvalue weighted by Gasteiger charge is 2.08. The minimum atomic E-state index is -0.226. The molecule has 0 atom stereocenters. The highest BCUT2D eigenvalue weighted by atomic mass is 35.5. The van der Waals surface area contributed by atoms with Gasteiger partial charge in [0.25, 0.3) is 0 Å². The zero-order valence-electron chi connectivity index (χ0n) is 13.7. The van der Waals surface area contributed by atoms with Crippen molar-refractivity contribution in [1.29, 1.82) is 0 Å². The van der Waals surface area contributed by atoms with Crippen molar-refractivity contribution in [3.8, 4) is 0 Å². The lowest BCUT2D eigenvalue weighted by atomic mass is 10.1. The third-order valence-electron chi connectivity index (χ3n) is 4.07. The van der Waals surface area contributed by atoms with Gasteiger partial charge in [-0.3, -0.25) is 0 Å². The van der Waals surface area contributed by atoms with Crippen molar-refractivity contribution in [2.75, 3.05) is 5.32 Å². The van der Waals surface area contributed by atoms with E-state index in [9.17, 15) is 4.39 Å². The number of halogens is 2. The van der Waals surface area contributed by atoms with Gasteiger partial charge in [0.05, 0.1) is 6.20 Å². The molecule has 7 heteroatoms. The molecule has 0 unspecified atom stereocenters. The Hall–Kier alpha value is -2.99. The Morgan fingerprint density at radius 3 is 2.73 bits per heavy atom. The fourth-order valence-corrected chi connectivity index (χ4v) is 2.87. The number of aromatic nitrogens is 4. The molecule has 3 aromatic heterocycles. The van der Waals surface area contributed by atoms with Gasteiger partial charge in [-0.05, 0) is 17.7 Å². The summed E-state index contributed by atoms with van der Waals surface area (Å²) in [6, 6.07) is 10.5. The Kier molecular flexibility index (Phi) is 4.50. The van der Waals surface area contributed by atoms with E-state index in [1.165, 1.54) is 12.3 Å². The monoisotopic (exact) mass is 367 g/mol. The molecule has 4 aromatic rings. The molecule has 0 aliphatic heterocycles. The van der Waals surface area contributed by atoms with Crippen LogP contribution >= 0.6 is 11.6 Å². The summed E-state index contributed by atoms with van der Waals surface area (Å²) >= 11 is 5.93. The Bertz CT molecular complexity index is 1050. The maximum absolute atomic E-state index is 13.6. The van der Waals surface area contributed by atoms with Crippen LogP contribution in [0.1, 0.15) is 16.7 Å². The highest BCUT2D eigenvalue weighted by Crippen LogP contribution is 2.20. The van der Waals surface area contributed by atoms with Gasteiger partial charge in [-0.1, -0.05) is 35.9 Å². The largest absolute Gasteiger partial charge is 0.366 e. The van der Waals surface area contributed by atoms with Crippen molar-refractivity contribution >= 4 is 28.6 Å². The summed E-state index contributed by atoms with van der Waals surface area (Å²) in [7, 11) is 0. The van der Waals surface area contributed by atoms with Crippen molar-refractivity contribution in [2.24, 2.45) is 0 Å². The van der Waals surface area contributed by atoms with Crippen LogP contribution in [-0.2, 0) is 13.0 Å². The molecule has 0 aliphatic rings. The first-order chi connectivity index (χ1) is 12.7. The predicted octanol–water partition coefficient (Wildman–Crippen LogP) is 4.35. The summed E-state index contributed by atoms with van der Waals surface area (Å²) in [5, 5.41) is 3.49. The van der Waals surface area contributed by atoms with Crippen LogP contribution < -0.4 is 5.32 Å². The summed E-state index contributed by atoms with van der Waals surface area (Å²) in [4.78, 5) is 16.0. The predicted molar refractivity (Wildman–Crippen MR) is 99.7 cm³/mol. The topological polar surface area (TPSA) is 66.5 Å². The number of hydrogen-bond acceptors (Lipinski definition) is 4. The maximum Gasteiger partial charge on any atom is 0.156 e. The Labute approximate surface area is 154 Å². The minimum absolute atomic E-state index is 0.226. The first kappa shape index (κ1) is 16.5. The van der Waals surface area contributed by atoms with Crippen molar-refractivity contribution in [3.63, 3.8) is 0 Å². The zero-order valence-corrected chi connectivity index (χ0v) is 14.5. The molecule has 26 heavy (non-hydrogen) atoms. The van der Waals surface area contributed by atoms with Crippen LogP contribution in [0.2, 0.25) is 5.15 Å². The van der Waals surface area contributed by atoms with Crippen LogP contribution in [-0.4, -0.2) is 19.9 Å². The highest BCUT2D eigenvalue weighted by molar-refractivity contribution is 6.29. The fraction of sp³-hybridized carbons (Fsp3) is 0.105. The lowest BCUT2D eigenvalue weighted by molar-refractivity contribution is 0.613. The van der Waals surface area contributed by atoms with Gasteiger partial charge in [0.1, 0.15) is 22.3 Å². The lowest BCUT2D eigenvalue weighted by Gasteiger charge is -2.07. The Morgan fingerprint density at radius 2 is 1.92 bits per heavy atom. The summed E-state index contributed by atoms with van der Waals surface area (Å²) in [6.45, 7) is 0.384. The normalized spacial score (nSPS) is 11.0. The molecule has 0 saturated carbocycles. The zero-order chi connectivity index (χ0) is 17.9. The van der Waals surface area contributed by atoms with E-state index in [-0.39, 0.29) is 5.82 Å². The second kappa shape index (κ2) is 7.09. The SMILES string of the molecule is Fc1ccccc1CNc1ccc(Cc2c[nH]c3ncc(Cl)nc23)cn1. The van der Waals surface area contributed by atoms with Gasteiger partial charge in [-0.25, -0.2) is 19.3 Å². The van der Waals surface area contributed by atoms with Gasteiger partial charge >= 0.3 is 0 Å². The van der Waals surface area contributed by atoms with Gasteiger partial charge in [0, 0.05) is 36.5 Å². The number of hydrogen-bond donors (Lipinski definition) is 2. The maximum atomic E-state index is 13.6. The average molecular weight is 368 g/mol. The summed E-state index contributed by atoms with van der Waals surface area (Å²) < 4.78 is 13.6. The van der Waals surface area contributed by atoms with E-state index in [1.54, 1.807) is 18.3 Å². The van der Waals surface area contributed by atoms with E-state index in [0.29, 0.717) is 35.1 Å². The van der Waals surface area contributed by atoms with E-state index >= 15 is 0 Å². The number of rotatable bonds is 5. The molecular weight excluding hydrogens is 353 g/mol. The average Bonchev–Trinajstić information content (AvgIpc) is 3.04. The fourth-order valence-electron chi connectivity index (χ4n) is 2.74. The van der Waals surface area contributed by atoms with Crippen molar-refractivity contribution < 1.29 is 4.39 Å². The second-order valence-electron chi connectivity index (χ2n) is 5.88. The number of pyridine rings is 1. The number of nitrogens with zero attached hydrogens (tertiary/aromatic N) is 3. The molecule has 1 aromatic carbocycles. The van der Waals surface area contributed by atoms with E-state index in [1.807, 2.05) is 24.4 Å². The number of fused-ring (bicyclic) bond motifs is 1. The first-order valence-electron chi connectivity index (χ1n) is 8.10. The molecule has 130 valence electrons. The molecule has 0 aliphatic carbocycles. The second-order valence-corrected chi connectivity index (χ2v) is 6.26. The molecule has 0 bridgehead atoms. The Morgan fingerprint density at radius 1 is 1.04 bits per heavy atom. The van der Waals surface area contributed by atoms with Crippen molar-refractivity contribution in [3.05, 3.63) is 82.6 Å². The standard InChI is InChI=1S/C19H15ClFN5/c20-16-11-25-19-18(26-16)14(10-24-19)7-12-5-6-17(22-8-12)23-9-13-3-1-2-4-15(13)21/h1-6,8,10-11H,7,9H2,(H,22,23)(H,24,25). The van der Waals surface area contributed by atoms with E-state index in [2.05, 4.69) is 25.3 Å². The van der Waals surface area contributed by atoms with Gasteiger partial charge < -0.3 is 10.3 Å². The van der Waals surface area contributed by atoms with Gasteiger partial charge in [0.2, 0.25) is 0 Å². The molecule has 0 saturated heterocycles. The molecule has 2 N–H and O–H groups in total. The molecule has 3 heterocycles. The molecule has 0 spiro atoms. The van der Waals surface area contributed by atoms with Crippen LogP contribution in [0.15, 0.2) is 55.0 Å². The van der Waals surface area contributed by atoms with Gasteiger partial charge in [-0.2, -0.15) is 0 Å². The molecule has 5 nitrogen and oxygen atoms in total. The van der Waals surface area contributed by atoms with Gasteiger partial charge in [-0.15, -0.1) is 0 Å². The summed E-state index contributed by atoms with van der Waals surface area (Å²) in [5.74, 6) is 0.467. The number of H-pyrrole nitrogens is 1. The third kappa shape index (κ3) is 3.50. The number of benzene rings is 1. The molecule has 0 fully saturated rings. The quantitative estimate of drug-likeness (QED) is 0.550. The molecule has 0 amide bonds. The van der Waals surface area contributed by atoms with Crippen LogP contribution in [0.25, 0.3) is 11.2 Å². The van der Waals surface area contributed by atoms with E-state index in [4.69, 9.17) is 11.6 Å². The number of nitrogens with one attached hydrogen (secondary N) is 2. The van der Waals surface area contributed by atoms with Crippen molar-refractivity contribution in [1.82, 2.24) is 19.9 Å². The Balaban J connectivity index is 1.45. The minimum Gasteiger partial charge on any atom is -0.366 e. The first-order valence-corrected chi connectivity index (χ1v) is 8.47. The summed E-state index contributed by atoms with van der Waals surface area (Å²) in [5.41, 5.74) is 4.11. The van der Waals surface area contributed by atoms with Crippen LogP contribution in [0, 0.1) is 5.82 Å². The van der Waals surface area contributed by atoms with E-state index in [0.717, 1.165) is 16.6 Å². The number of anilines is 1. The van der Waals surface area contributed by atoms with Gasteiger partial charge in [0.15, 0.2) is 5.65 Å². The molecule has 0 radical (unpaired) electrons. The molecular formula is C19H15ClFN5. The van der Waals surface area contributed by atoms with Crippen LogP contribution in [0.5, 0.6) is 0 Å². The summed E-state index contributed by atoms with van der Waals surface area (Å²) in [6.07, 6.45) is 5.85. The van der Waals surface area contributed by atoms with Crippen LogP contribution in [0.4, 0.5) is 10.2 Å². The molecule has 4 rings (SSSR count). The van der Waals surface area contributed by atoms with Crippen molar-refractivity contribution in [2.45, 2.75) is 13.0 Å². The van der Waals surface area contributed by atoms with E-state index < -0.39 is 0 Å². The lowest BCUT2D eigenvalue weighted by Crippen LogP contribution is -2.03. The smallest absolute Gasteiger partial charge is 0.156 e. The number of aromatic amines is 1.